The Kier molecular flexibility index (Phi) is 8.25. The summed E-state index contributed by atoms with van der Waals surface area (Å²) in [6.07, 6.45) is 1.41. The molecule has 16 heavy (non-hydrogen) atoms. The Labute approximate surface area is 111 Å². The van der Waals surface area contributed by atoms with Crippen molar-refractivity contribution in [3.8, 4) is 0 Å². The Hall–Kier alpha value is -0.580. The Morgan fingerprint density at radius 3 is 2.50 bits per heavy atom. The molecule has 0 fully saturated rings. The molecule has 0 spiro atoms. The highest BCUT2D eigenvalue weighted by Crippen LogP contribution is 2.14. The minimum atomic E-state index is 0. The van der Waals surface area contributed by atoms with Crippen molar-refractivity contribution < 1.29 is 4.79 Å². The average Bonchev–Trinajstić information content (AvgIpc) is 2.22. The van der Waals surface area contributed by atoms with Gasteiger partial charge in [-0.2, -0.15) is 0 Å². The number of benzene rings is 1. The molecule has 1 aromatic carbocycles. The third-order valence-electron chi connectivity index (χ3n) is 1.96. The van der Waals surface area contributed by atoms with Crippen molar-refractivity contribution in [1.29, 1.82) is 0 Å². The van der Waals surface area contributed by atoms with Crippen molar-refractivity contribution >= 4 is 39.9 Å². The first kappa shape index (κ1) is 15.4. The molecule has 0 heterocycles. The summed E-state index contributed by atoms with van der Waals surface area (Å²) in [5, 5.41) is 5.85. The summed E-state index contributed by atoms with van der Waals surface area (Å²) in [7, 11) is 1.88. The molecule has 0 aliphatic carbocycles. The van der Waals surface area contributed by atoms with E-state index in [-0.39, 0.29) is 18.3 Å². The lowest BCUT2D eigenvalue weighted by atomic mass is 10.2. The van der Waals surface area contributed by atoms with Gasteiger partial charge in [0.1, 0.15) is 0 Å². The maximum atomic E-state index is 11.4. The Morgan fingerprint density at radius 2 is 1.94 bits per heavy atom. The highest BCUT2D eigenvalue weighted by atomic mass is 79.9. The fourth-order valence-electron chi connectivity index (χ4n) is 1.18. The van der Waals surface area contributed by atoms with E-state index in [1.807, 2.05) is 31.3 Å². The highest BCUT2D eigenvalue weighted by molar-refractivity contribution is 9.10. The molecule has 1 amide bonds. The van der Waals surface area contributed by atoms with Gasteiger partial charge in [-0.05, 0) is 44.3 Å². The first-order chi connectivity index (χ1) is 7.22. The monoisotopic (exact) mass is 306 g/mol. The van der Waals surface area contributed by atoms with Crippen molar-refractivity contribution in [2.75, 3.05) is 18.9 Å². The summed E-state index contributed by atoms with van der Waals surface area (Å²) in [5.41, 5.74) is 0.840. The number of rotatable bonds is 5. The number of hydrogen-bond acceptors (Lipinski definition) is 2. The third kappa shape index (κ3) is 6.10. The van der Waals surface area contributed by atoms with Gasteiger partial charge in [-0.1, -0.05) is 15.9 Å². The predicted octanol–water partition coefficient (Wildman–Crippen LogP) is 2.81. The molecule has 0 aliphatic heterocycles. The molecule has 0 radical (unpaired) electrons. The summed E-state index contributed by atoms with van der Waals surface area (Å²) >= 11 is 3.34. The Balaban J connectivity index is 0.00000225. The SMILES string of the molecule is CNCCCC(=O)Nc1ccc(Br)cc1.Cl. The van der Waals surface area contributed by atoms with E-state index in [4.69, 9.17) is 0 Å². The van der Waals surface area contributed by atoms with Crippen molar-refractivity contribution in [2.24, 2.45) is 0 Å². The minimum Gasteiger partial charge on any atom is -0.326 e. The molecule has 1 aromatic rings. The van der Waals surface area contributed by atoms with Gasteiger partial charge in [-0.25, -0.2) is 0 Å². The molecule has 0 saturated carbocycles. The lowest BCUT2D eigenvalue weighted by Crippen LogP contribution is -2.15. The molecule has 0 aliphatic rings. The summed E-state index contributed by atoms with van der Waals surface area (Å²) in [5.74, 6) is 0.0626. The second kappa shape index (κ2) is 8.56. The third-order valence-corrected chi connectivity index (χ3v) is 2.49. The predicted molar refractivity (Wildman–Crippen MR) is 73.2 cm³/mol. The van der Waals surface area contributed by atoms with E-state index in [1.54, 1.807) is 0 Å². The largest absolute Gasteiger partial charge is 0.326 e. The molecule has 0 bridgehead atoms. The van der Waals surface area contributed by atoms with E-state index in [1.165, 1.54) is 0 Å². The first-order valence-corrected chi connectivity index (χ1v) is 5.71. The molecular weight excluding hydrogens is 291 g/mol. The standard InChI is InChI=1S/C11H15BrN2O.ClH/c1-13-8-2-3-11(15)14-10-6-4-9(12)5-7-10;/h4-7,13H,2-3,8H2,1H3,(H,14,15);1H. The van der Waals surface area contributed by atoms with E-state index in [2.05, 4.69) is 26.6 Å². The maximum absolute atomic E-state index is 11.4. The van der Waals surface area contributed by atoms with Crippen molar-refractivity contribution in [3.63, 3.8) is 0 Å². The zero-order valence-electron chi connectivity index (χ0n) is 9.13. The maximum Gasteiger partial charge on any atom is 0.224 e. The van der Waals surface area contributed by atoms with Crippen LogP contribution in [0.25, 0.3) is 0 Å². The van der Waals surface area contributed by atoms with Crippen LogP contribution in [0.4, 0.5) is 5.69 Å². The molecular formula is C11H16BrClN2O. The van der Waals surface area contributed by atoms with Gasteiger partial charge in [-0.3, -0.25) is 4.79 Å². The van der Waals surface area contributed by atoms with Crippen LogP contribution in [0.1, 0.15) is 12.8 Å². The first-order valence-electron chi connectivity index (χ1n) is 4.92. The molecule has 1 rings (SSSR count). The quantitative estimate of drug-likeness (QED) is 0.821. The van der Waals surface area contributed by atoms with Crippen LogP contribution in [0, 0.1) is 0 Å². The van der Waals surface area contributed by atoms with Crippen LogP contribution < -0.4 is 10.6 Å². The van der Waals surface area contributed by atoms with E-state index >= 15 is 0 Å². The number of amides is 1. The molecule has 0 unspecified atom stereocenters. The molecule has 90 valence electrons. The van der Waals surface area contributed by atoms with Gasteiger partial charge in [0.15, 0.2) is 0 Å². The minimum absolute atomic E-state index is 0. The summed E-state index contributed by atoms with van der Waals surface area (Å²) in [6, 6.07) is 7.56. The van der Waals surface area contributed by atoms with E-state index in [0.29, 0.717) is 6.42 Å². The van der Waals surface area contributed by atoms with Crippen molar-refractivity contribution in [3.05, 3.63) is 28.7 Å². The molecule has 2 N–H and O–H groups in total. The Bertz CT molecular complexity index is 316. The fourth-order valence-corrected chi connectivity index (χ4v) is 1.45. The lowest BCUT2D eigenvalue weighted by molar-refractivity contribution is -0.116. The van der Waals surface area contributed by atoms with Crippen LogP contribution in [0.2, 0.25) is 0 Å². The molecule has 0 saturated heterocycles. The number of nitrogens with one attached hydrogen (secondary N) is 2. The summed E-state index contributed by atoms with van der Waals surface area (Å²) < 4.78 is 1.01. The second-order valence-corrected chi connectivity index (χ2v) is 4.18. The fraction of sp³-hybridized carbons (Fsp3) is 0.364. The number of carbonyl (C=O) groups excluding carboxylic acids is 1. The van der Waals surface area contributed by atoms with Crippen molar-refractivity contribution in [1.82, 2.24) is 5.32 Å². The van der Waals surface area contributed by atoms with Gasteiger partial charge in [0.05, 0.1) is 0 Å². The zero-order chi connectivity index (χ0) is 11.1. The number of halogens is 2. The van der Waals surface area contributed by atoms with Gasteiger partial charge >= 0.3 is 0 Å². The lowest BCUT2D eigenvalue weighted by Gasteiger charge is -2.04. The molecule has 5 heteroatoms. The average molecular weight is 308 g/mol. The van der Waals surface area contributed by atoms with Gasteiger partial charge in [0.25, 0.3) is 0 Å². The smallest absolute Gasteiger partial charge is 0.224 e. The number of anilines is 1. The Morgan fingerprint density at radius 1 is 1.31 bits per heavy atom. The number of carbonyl (C=O) groups is 1. The van der Waals surface area contributed by atoms with Gasteiger partial charge in [0, 0.05) is 16.6 Å². The molecule has 0 atom stereocenters. The van der Waals surface area contributed by atoms with Crippen LogP contribution in [-0.4, -0.2) is 19.5 Å². The van der Waals surface area contributed by atoms with Gasteiger partial charge < -0.3 is 10.6 Å². The number of hydrogen-bond donors (Lipinski definition) is 2. The summed E-state index contributed by atoms with van der Waals surface area (Å²) in [4.78, 5) is 11.4. The van der Waals surface area contributed by atoms with Crippen LogP contribution in [-0.2, 0) is 4.79 Å². The van der Waals surface area contributed by atoms with Gasteiger partial charge in [0.2, 0.25) is 5.91 Å². The van der Waals surface area contributed by atoms with E-state index < -0.39 is 0 Å². The molecule has 3 nitrogen and oxygen atoms in total. The zero-order valence-corrected chi connectivity index (χ0v) is 11.5. The topological polar surface area (TPSA) is 41.1 Å². The second-order valence-electron chi connectivity index (χ2n) is 3.26. The van der Waals surface area contributed by atoms with Crippen LogP contribution in [0.5, 0.6) is 0 Å². The van der Waals surface area contributed by atoms with Crippen LogP contribution >= 0.6 is 28.3 Å². The van der Waals surface area contributed by atoms with E-state index in [9.17, 15) is 4.79 Å². The summed E-state index contributed by atoms with van der Waals surface area (Å²) in [6.45, 7) is 0.869. The van der Waals surface area contributed by atoms with E-state index in [0.717, 1.165) is 23.1 Å². The van der Waals surface area contributed by atoms with Crippen molar-refractivity contribution in [2.45, 2.75) is 12.8 Å². The molecule has 0 aromatic heterocycles. The van der Waals surface area contributed by atoms with Gasteiger partial charge in [-0.15, -0.1) is 12.4 Å². The van der Waals surface area contributed by atoms with Crippen LogP contribution in [0.3, 0.4) is 0 Å². The highest BCUT2D eigenvalue weighted by Gasteiger charge is 2.01. The normalized spacial score (nSPS) is 9.38. The van der Waals surface area contributed by atoms with Crippen LogP contribution in [0.15, 0.2) is 28.7 Å².